The summed E-state index contributed by atoms with van der Waals surface area (Å²) in [6.07, 6.45) is 1.56. The molecule has 5 heteroatoms. The van der Waals surface area contributed by atoms with Crippen LogP contribution in [0.2, 0.25) is 0 Å². The monoisotopic (exact) mass is 295 g/mol. The number of nitrogens with one attached hydrogen (secondary N) is 1. The van der Waals surface area contributed by atoms with Crippen LogP contribution < -0.4 is 5.32 Å². The fraction of sp³-hybridized carbons (Fsp3) is 0.235. The number of benzene rings is 1. The minimum Gasteiger partial charge on any atom is -0.359 e. The highest BCUT2D eigenvalue weighted by Crippen LogP contribution is 2.24. The van der Waals surface area contributed by atoms with Gasteiger partial charge >= 0.3 is 0 Å². The highest BCUT2D eigenvalue weighted by Gasteiger charge is 2.20. The maximum absolute atomic E-state index is 12.3. The van der Waals surface area contributed by atoms with Gasteiger partial charge in [-0.2, -0.15) is 0 Å². The zero-order chi connectivity index (χ0) is 15.7. The van der Waals surface area contributed by atoms with Crippen molar-refractivity contribution in [3.63, 3.8) is 0 Å². The SMILES string of the molecule is CC(C)(C)c1cc(NC(=O)c2cnc3ccccc3c2)no1. The largest absolute Gasteiger partial charge is 0.359 e. The Kier molecular flexibility index (Phi) is 3.41. The molecule has 0 unspecified atom stereocenters. The molecule has 1 N–H and O–H groups in total. The molecule has 0 radical (unpaired) electrons. The van der Waals surface area contributed by atoms with E-state index in [-0.39, 0.29) is 11.3 Å². The van der Waals surface area contributed by atoms with E-state index >= 15 is 0 Å². The van der Waals surface area contributed by atoms with E-state index in [0.29, 0.717) is 11.4 Å². The quantitative estimate of drug-likeness (QED) is 0.781. The maximum Gasteiger partial charge on any atom is 0.258 e. The Morgan fingerprint density at radius 2 is 1.95 bits per heavy atom. The third-order valence-corrected chi connectivity index (χ3v) is 3.34. The molecule has 22 heavy (non-hydrogen) atoms. The van der Waals surface area contributed by atoms with Gasteiger partial charge in [-0.25, -0.2) is 0 Å². The molecule has 112 valence electrons. The van der Waals surface area contributed by atoms with E-state index in [0.717, 1.165) is 16.7 Å². The minimum atomic E-state index is -0.257. The molecule has 1 aromatic carbocycles. The molecule has 0 saturated heterocycles. The van der Waals surface area contributed by atoms with Crippen LogP contribution in [-0.2, 0) is 5.41 Å². The van der Waals surface area contributed by atoms with E-state index in [4.69, 9.17) is 4.52 Å². The Labute approximate surface area is 128 Å². The zero-order valence-electron chi connectivity index (χ0n) is 12.8. The lowest BCUT2D eigenvalue weighted by atomic mass is 9.93. The number of hydrogen-bond acceptors (Lipinski definition) is 4. The van der Waals surface area contributed by atoms with Gasteiger partial charge in [-0.15, -0.1) is 0 Å². The number of hydrogen-bond donors (Lipinski definition) is 1. The maximum atomic E-state index is 12.3. The summed E-state index contributed by atoms with van der Waals surface area (Å²) in [7, 11) is 0. The van der Waals surface area contributed by atoms with Gasteiger partial charge in [0.1, 0.15) is 5.76 Å². The van der Waals surface area contributed by atoms with Crippen molar-refractivity contribution in [1.82, 2.24) is 10.1 Å². The Balaban J connectivity index is 1.82. The number of fused-ring (bicyclic) bond motifs is 1. The summed E-state index contributed by atoms with van der Waals surface area (Å²) in [5.41, 5.74) is 1.19. The first-order chi connectivity index (χ1) is 10.4. The number of pyridine rings is 1. The van der Waals surface area contributed by atoms with Crippen molar-refractivity contribution >= 4 is 22.6 Å². The molecule has 2 aromatic heterocycles. The van der Waals surface area contributed by atoms with Crippen LogP contribution in [0, 0.1) is 0 Å². The Morgan fingerprint density at radius 1 is 1.18 bits per heavy atom. The number of carbonyl (C=O) groups is 1. The molecule has 0 aliphatic heterocycles. The van der Waals surface area contributed by atoms with Crippen LogP contribution in [-0.4, -0.2) is 16.0 Å². The summed E-state index contributed by atoms with van der Waals surface area (Å²) in [5, 5.41) is 7.54. The van der Waals surface area contributed by atoms with Crippen molar-refractivity contribution in [1.29, 1.82) is 0 Å². The van der Waals surface area contributed by atoms with E-state index in [1.165, 1.54) is 0 Å². The zero-order valence-corrected chi connectivity index (χ0v) is 12.8. The third-order valence-electron chi connectivity index (χ3n) is 3.34. The minimum absolute atomic E-state index is 0.152. The van der Waals surface area contributed by atoms with Gasteiger partial charge in [0.25, 0.3) is 5.91 Å². The second-order valence-corrected chi connectivity index (χ2v) is 6.20. The number of para-hydroxylation sites is 1. The summed E-state index contributed by atoms with van der Waals surface area (Å²) >= 11 is 0. The highest BCUT2D eigenvalue weighted by atomic mass is 16.5. The summed E-state index contributed by atoms with van der Waals surface area (Å²) in [4.78, 5) is 16.6. The van der Waals surface area contributed by atoms with Crippen LogP contribution in [0.1, 0.15) is 36.9 Å². The molecule has 0 saturated carbocycles. The lowest BCUT2D eigenvalue weighted by molar-refractivity contribution is 0.102. The lowest BCUT2D eigenvalue weighted by Gasteiger charge is -2.12. The lowest BCUT2D eigenvalue weighted by Crippen LogP contribution is -2.12. The molecule has 0 bridgehead atoms. The van der Waals surface area contributed by atoms with Crippen molar-refractivity contribution < 1.29 is 9.32 Å². The van der Waals surface area contributed by atoms with Crippen LogP contribution in [0.3, 0.4) is 0 Å². The number of amides is 1. The van der Waals surface area contributed by atoms with E-state index in [2.05, 4.69) is 15.5 Å². The summed E-state index contributed by atoms with van der Waals surface area (Å²) in [6.45, 7) is 6.06. The van der Waals surface area contributed by atoms with Gasteiger partial charge in [-0.1, -0.05) is 44.1 Å². The molecule has 0 aliphatic rings. The fourth-order valence-electron chi connectivity index (χ4n) is 2.07. The topological polar surface area (TPSA) is 68.0 Å². The summed E-state index contributed by atoms with van der Waals surface area (Å²) in [5.74, 6) is 0.870. The average Bonchev–Trinajstić information content (AvgIpc) is 2.95. The number of anilines is 1. The molecular formula is C17H17N3O2. The second-order valence-electron chi connectivity index (χ2n) is 6.20. The second kappa shape index (κ2) is 5.26. The molecule has 0 aliphatic carbocycles. The predicted molar refractivity (Wildman–Crippen MR) is 84.9 cm³/mol. The average molecular weight is 295 g/mol. The van der Waals surface area contributed by atoms with Gasteiger partial charge in [0.2, 0.25) is 0 Å². The number of aromatic nitrogens is 2. The van der Waals surface area contributed by atoms with Gasteiger partial charge in [0.05, 0.1) is 11.1 Å². The molecule has 3 aromatic rings. The van der Waals surface area contributed by atoms with Crippen LogP contribution >= 0.6 is 0 Å². The molecule has 2 heterocycles. The Hall–Kier alpha value is -2.69. The third kappa shape index (κ3) is 2.83. The van der Waals surface area contributed by atoms with Crippen LogP contribution in [0.25, 0.3) is 10.9 Å². The van der Waals surface area contributed by atoms with Crippen molar-refractivity contribution in [2.24, 2.45) is 0 Å². The van der Waals surface area contributed by atoms with Gasteiger partial charge in [-0.05, 0) is 12.1 Å². The van der Waals surface area contributed by atoms with Gasteiger partial charge in [-0.3, -0.25) is 9.78 Å². The van der Waals surface area contributed by atoms with Crippen LogP contribution in [0.5, 0.6) is 0 Å². The number of carbonyl (C=O) groups excluding carboxylic acids is 1. The first-order valence-corrected chi connectivity index (χ1v) is 7.07. The van der Waals surface area contributed by atoms with E-state index < -0.39 is 0 Å². The molecule has 0 fully saturated rings. The first kappa shape index (κ1) is 14.3. The summed E-state index contributed by atoms with van der Waals surface area (Å²) < 4.78 is 5.26. The highest BCUT2D eigenvalue weighted by molar-refractivity contribution is 6.05. The van der Waals surface area contributed by atoms with Gasteiger partial charge < -0.3 is 9.84 Å². The molecule has 5 nitrogen and oxygen atoms in total. The van der Waals surface area contributed by atoms with Crippen molar-refractivity contribution in [3.05, 3.63) is 53.9 Å². The van der Waals surface area contributed by atoms with Gasteiger partial charge in [0, 0.05) is 23.1 Å². The number of rotatable bonds is 2. The van der Waals surface area contributed by atoms with Crippen molar-refractivity contribution in [2.75, 3.05) is 5.32 Å². The molecular weight excluding hydrogens is 278 g/mol. The Morgan fingerprint density at radius 3 is 2.68 bits per heavy atom. The van der Waals surface area contributed by atoms with Crippen LogP contribution in [0.4, 0.5) is 5.82 Å². The van der Waals surface area contributed by atoms with E-state index in [9.17, 15) is 4.79 Å². The van der Waals surface area contributed by atoms with Crippen LogP contribution in [0.15, 0.2) is 47.1 Å². The number of nitrogens with zero attached hydrogens (tertiary/aromatic N) is 2. The van der Waals surface area contributed by atoms with E-state index in [1.807, 2.05) is 51.1 Å². The standard InChI is InChI=1S/C17H17N3O2/c1-17(2,3)14-9-15(20-22-14)19-16(21)12-8-11-6-4-5-7-13(11)18-10-12/h4-10H,1-3H3,(H,19,20,21). The smallest absolute Gasteiger partial charge is 0.258 e. The molecule has 3 rings (SSSR count). The van der Waals surface area contributed by atoms with Crippen molar-refractivity contribution in [2.45, 2.75) is 26.2 Å². The normalized spacial score (nSPS) is 11.6. The molecule has 0 spiro atoms. The fourth-order valence-corrected chi connectivity index (χ4v) is 2.07. The van der Waals surface area contributed by atoms with Crippen molar-refractivity contribution in [3.8, 4) is 0 Å². The molecule has 0 atom stereocenters. The predicted octanol–water partition coefficient (Wildman–Crippen LogP) is 3.77. The Bertz CT molecular complexity index is 831. The summed E-state index contributed by atoms with van der Waals surface area (Å²) in [6, 6.07) is 11.2. The van der Waals surface area contributed by atoms with Gasteiger partial charge in [0.15, 0.2) is 5.82 Å². The first-order valence-electron chi connectivity index (χ1n) is 7.07. The van der Waals surface area contributed by atoms with E-state index in [1.54, 1.807) is 12.3 Å². The molecule has 1 amide bonds.